The highest BCUT2D eigenvalue weighted by Gasteiger charge is 2.18. The number of aliphatic imine (C=N–C) groups is 1. The van der Waals surface area contributed by atoms with Crippen LogP contribution in [0.3, 0.4) is 0 Å². The van der Waals surface area contributed by atoms with E-state index in [1.54, 1.807) is 48.4 Å². The Morgan fingerprint density at radius 3 is 2.38 bits per heavy atom. The van der Waals surface area contributed by atoms with Crippen LogP contribution in [0.5, 0.6) is 0 Å². The molecule has 1 aromatic heterocycles. The molecule has 0 fully saturated rings. The van der Waals surface area contributed by atoms with E-state index in [0.717, 1.165) is 0 Å². The summed E-state index contributed by atoms with van der Waals surface area (Å²) in [5.41, 5.74) is 20.4. The summed E-state index contributed by atoms with van der Waals surface area (Å²) in [5.74, 6) is 6.35. The predicted octanol–water partition coefficient (Wildman–Crippen LogP) is 3.30. The van der Waals surface area contributed by atoms with E-state index in [1.165, 1.54) is 0 Å². The third-order valence-electron chi connectivity index (χ3n) is 4.47. The van der Waals surface area contributed by atoms with E-state index in [0.29, 0.717) is 57.6 Å². The molecule has 0 saturated heterocycles. The number of aromatic nitrogens is 1. The molecular formula is C24H27ClN6O. The minimum atomic E-state index is -0.140. The number of nitrogen functional groups attached to an aromatic ring is 1. The van der Waals surface area contributed by atoms with Gasteiger partial charge in [0.15, 0.2) is 0 Å². The first-order valence-corrected chi connectivity index (χ1v) is 10.4. The monoisotopic (exact) mass is 450 g/mol. The molecule has 7 nitrogen and oxygen atoms in total. The van der Waals surface area contributed by atoms with E-state index in [9.17, 15) is 4.79 Å². The molecule has 2 aromatic rings. The number of hydrogen-bond donors (Lipinski definition) is 3. The third kappa shape index (κ3) is 6.37. The Bertz CT molecular complexity index is 1130. The average Bonchev–Trinajstić information content (AvgIpc) is 2.74. The zero-order chi connectivity index (χ0) is 23.8. The number of hydrogen-bond acceptors (Lipinski definition) is 6. The van der Waals surface area contributed by atoms with Crippen LogP contribution in [-0.4, -0.2) is 34.6 Å². The number of carbonyl (C=O) groups is 1. The zero-order valence-electron chi connectivity index (χ0n) is 18.4. The molecule has 2 rings (SSSR count). The van der Waals surface area contributed by atoms with Crippen molar-refractivity contribution >= 4 is 29.0 Å². The molecule has 6 N–H and O–H groups in total. The van der Waals surface area contributed by atoms with Crippen molar-refractivity contribution < 1.29 is 4.79 Å². The van der Waals surface area contributed by atoms with Gasteiger partial charge in [-0.15, -0.1) is 0 Å². The van der Waals surface area contributed by atoms with Gasteiger partial charge in [0, 0.05) is 46.7 Å². The molecule has 0 bridgehead atoms. The summed E-state index contributed by atoms with van der Waals surface area (Å²) < 4.78 is 0. The summed E-state index contributed by atoms with van der Waals surface area (Å²) in [5, 5.41) is 0.373. The van der Waals surface area contributed by atoms with Crippen molar-refractivity contribution in [2.24, 2.45) is 16.5 Å². The Balaban J connectivity index is 2.63. The van der Waals surface area contributed by atoms with E-state index in [2.05, 4.69) is 28.4 Å². The molecule has 0 radical (unpaired) electrons. The average molecular weight is 451 g/mol. The Hall–Kier alpha value is -3.76. The molecule has 1 aromatic carbocycles. The second kappa shape index (κ2) is 11.0. The summed E-state index contributed by atoms with van der Waals surface area (Å²) in [6, 6.07) is 8.39. The smallest absolute Gasteiger partial charge is 0.253 e. The van der Waals surface area contributed by atoms with Crippen LogP contribution in [0.25, 0.3) is 0 Å². The van der Waals surface area contributed by atoms with Gasteiger partial charge in [0.05, 0.1) is 11.3 Å². The second-order valence-corrected chi connectivity index (χ2v) is 7.37. The topological polar surface area (TPSA) is 124 Å². The molecule has 1 heterocycles. The van der Waals surface area contributed by atoms with Gasteiger partial charge < -0.3 is 22.1 Å². The van der Waals surface area contributed by atoms with Crippen LogP contribution >= 0.6 is 11.6 Å². The van der Waals surface area contributed by atoms with Crippen molar-refractivity contribution in [1.29, 1.82) is 0 Å². The summed E-state index contributed by atoms with van der Waals surface area (Å²) in [6.07, 6.45) is 1.56. The number of nitrogens with two attached hydrogens (primary N) is 3. The molecule has 0 saturated carbocycles. The number of allylic oxidation sites excluding steroid dienone is 2. The lowest BCUT2D eigenvalue weighted by molar-refractivity contribution is 0.0773. The summed E-state index contributed by atoms with van der Waals surface area (Å²) in [6.45, 7) is 10.4. The van der Waals surface area contributed by atoms with Crippen LogP contribution in [0, 0.1) is 11.8 Å². The molecule has 166 valence electrons. The number of benzene rings is 1. The van der Waals surface area contributed by atoms with E-state index in [4.69, 9.17) is 28.8 Å². The standard InChI is InChI=1S/C24H27ClN6O/c1-5-31(6-2)24(32)19-11-18(12-20(25)13-19)23(30-16(4)27)21(15(3)26)9-7-17-8-10-22(28)29-14-17/h8,10-14H,4-6,26-27H2,1-3H3,(H2,28,29)/b21-15-,30-23-. The molecule has 8 heteroatoms. The normalized spacial score (nSPS) is 11.8. The fourth-order valence-electron chi connectivity index (χ4n) is 2.91. The van der Waals surface area contributed by atoms with Crippen molar-refractivity contribution in [3.8, 4) is 11.8 Å². The highest BCUT2D eigenvalue weighted by Crippen LogP contribution is 2.21. The lowest BCUT2D eigenvalue weighted by atomic mass is 9.98. The van der Waals surface area contributed by atoms with Crippen LogP contribution in [-0.2, 0) is 0 Å². The van der Waals surface area contributed by atoms with Crippen LogP contribution in [0.2, 0.25) is 5.02 Å². The Labute approximate surface area is 193 Å². The van der Waals surface area contributed by atoms with Gasteiger partial charge in [-0.05, 0) is 51.1 Å². The molecule has 0 atom stereocenters. The summed E-state index contributed by atoms with van der Waals surface area (Å²) >= 11 is 6.35. The minimum Gasteiger partial charge on any atom is -0.401 e. The molecular weight excluding hydrogens is 424 g/mol. The van der Waals surface area contributed by atoms with Gasteiger partial charge in [-0.3, -0.25) is 4.79 Å². The van der Waals surface area contributed by atoms with Crippen molar-refractivity contribution in [3.63, 3.8) is 0 Å². The van der Waals surface area contributed by atoms with Crippen molar-refractivity contribution in [2.75, 3.05) is 18.8 Å². The summed E-state index contributed by atoms with van der Waals surface area (Å²) in [7, 11) is 0. The largest absolute Gasteiger partial charge is 0.401 e. The highest BCUT2D eigenvalue weighted by atomic mass is 35.5. The minimum absolute atomic E-state index is 0.0614. The fraction of sp³-hybridized carbons (Fsp3) is 0.208. The van der Waals surface area contributed by atoms with E-state index >= 15 is 0 Å². The lowest BCUT2D eigenvalue weighted by Gasteiger charge is -2.19. The van der Waals surface area contributed by atoms with Crippen LogP contribution < -0.4 is 17.2 Å². The van der Waals surface area contributed by atoms with Crippen molar-refractivity contribution in [3.05, 3.63) is 81.9 Å². The first-order valence-electron chi connectivity index (χ1n) is 9.99. The number of anilines is 1. The molecule has 32 heavy (non-hydrogen) atoms. The molecule has 0 spiro atoms. The first kappa shape index (κ1) is 24.5. The zero-order valence-corrected chi connectivity index (χ0v) is 19.2. The summed E-state index contributed by atoms with van der Waals surface area (Å²) in [4.78, 5) is 23.0. The van der Waals surface area contributed by atoms with Gasteiger partial charge in [0.2, 0.25) is 0 Å². The lowest BCUT2D eigenvalue weighted by Crippen LogP contribution is -2.30. The highest BCUT2D eigenvalue weighted by molar-refractivity contribution is 6.32. The SMILES string of the molecule is C=C(N)/N=C(\C(C#Cc1ccc(N)nc1)=C(\C)N)c1cc(Cl)cc(C(=O)N(CC)CC)c1. The van der Waals surface area contributed by atoms with E-state index in [1.807, 2.05) is 13.8 Å². The fourth-order valence-corrected chi connectivity index (χ4v) is 3.15. The van der Waals surface area contributed by atoms with E-state index < -0.39 is 0 Å². The third-order valence-corrected chi connectivity index (χ3v) is 4.69. The number of rotatable bonds is 6. The maximum Gasteiger partial charge on any atom is 0.253 e. The first-order chi connectivity index (χ1) is 15.2. The molecule has 0 aliphatic rings. The molecule has 1 amide bonds. The van der Waals surface area contributed by atoms with Crippen molar-refractivity contribution in [2.45, 2.75) is 20.8 Å². The Kier molecular flexibility index (Phi) is 8.45. The van der Waals surface area contributed by atoms with Crippen LogP contribution in [0.4, 0.5) is 5.82 Å². The van der Waals surface area contributed by atoms with Gasteiger partial charge in [0.25, 0.3) is 5.91 Å². The maximum absolute atomic E-state index is 12.9. The number of halogens is 1. The number of amides is 1. The van der Waals surface area contributed by atoms with Crippen LogP contribution in [0.15, 0.2) is 65.2 Å². The van der Waals surface area contributed by atoms with E-state index in [-0.39, 0.29) is 11.7 Å². The van der Waals surface area contributed by atoms with Gasteiger partial charge in [0.1, 0.15) is 11.6 Å². The quantitative estimate of drug-likeness (QED) is 0.460. The Morgan fingerprint density at radius 1 is 1.19 bits per heavy atom. The molecule has 0 unspecified atom stereocenters. The van der Waals surface area contributed by atoms with Gasteiger partial charge in [-0.1, -0.05) is 30.0 Å². The van der Waals surface area contributed by atoms with Crippen molar-refractivity contribution in [1.82, 2.24) is 9.88 Å². The number of nitrogens with zero attached hydrogens (tertiary/aromatic N) is 3. The Morgan fingerprint density at radius 2 is 1.84 bits per heavy atom. The maximum atomic E-state index is 12.9. The van der Waals surface area contributed by atoms with Crippen LogP contribution in [0.1, 0.15) is 42.3 Å². The number of pyridine rings is 1. The van der Waals surface area contributed by atoms with Gasteiger partial charge in [-0.2, -0.15) is 0 Å². The number of carbonyl (C=O) groups excluding carboxylic acids is 1. The van der Waals surface area contributed by atoms with Gasteiger partial charge in [-0.25, -0.2) is 9.98 Å². The predicted molar refractivity (Wildman–Crippen MR) is 131 cm³/mol. The molecule has 0 aliphatic heterocycles. The molecule has 0 aliphatic carbocycles. The second-order valence-electron chi connectivity index (χ2n) is 6.94. The van der Waals surface area contributed by atoms with Gasteiger partial charge >= 0.3 is 0 Å².